The number of carbonyl (C=O) groups is 2. The van der Waals surface area contributed by atoms with Gasteiger partial charge in [0.2, 0.25) is 15.9 Å². The fourth-order valence-corrected chi connectivity index (χ4v) is 4.44. The van der Waals surface area contributed by atoms with Gasteiger partial charge >= 0.3 is 0 Å². The molecule has 1 aliphatic rings. The molecule has 1 aliphatic heterocycles. The Kier molecular flexibility index (Phi) is 8.36. The molecule has 1 N–H and O–H groups in total. The fourth-order valence-electron chi connectivity index (χ4n) is 3.38. The van der Waals surface area contributed by atoms with Crippen molar-refractivity contribution < 1.29 is 18.0 Å². The van der Waals surface area contributed by atoms with Gasteiger partial charge in [0, 0.05) is 44.0 Å². The maximum atomic E-state index is 12.6. The van der Waals surface area contributed by atoms with Crippen molar-refractivity contribution >= 4 is 50.7 Å². The molecule has 33 heavy (non-hydrogen) atoms. The molecule has 0 spiro atoms. The summed E-state index contributed by atoms with van der Waals surface area (Å²) in [6.07, 6.45) is 1.04. The highest BCUT2D eigenvalue weighted by atomic mass is 35.5. The van der Waals surface area contributed by atoms with Gasteiger partial charge in [-0.3, -0.25) is 9.59 Å². The lowest BCUT2D eigenvalue weighted by atomic mass is 10.1. The van der Waals surface area contributed by atoms with Crippen LogP contribution in [0.5, 0.6) is 0 Å². The zero-order valence-corrected chi connectivity index (χ0v) is 20.8. The number of nitrogens with zero attached hydrogens (tertiary/aromatic N) is 3. The first-order chi connectivity index (χ1) is 15.5. The molecule has 2 amide bonds. The quantitative estimate of drug-likeness (QED) is 0.615. The van der Waals surface area contributed by atoms with E-state index in [1.165, 1.54) is 0 Å². The highest BCUT2D eigenvalue weighted by Crippen LogP contribution is 2.23. The van der Waals surface area contributed by atoms with Crippen LogP contribution in [0.2, 0.25) is 10.0 Å². The largest absolute Gasteiger partial charge is 0.336 e. The van der Waals surface area contributed by atoms with Gasteiger partial charge < -0.3 is 15.1 Å². The van der Waals surface area contributed by atoms with Gasteiger partial charge in [0.25, 0.3) is 5.91 Å². The molecule has 0 unspecified atom stereocenters. The normalized spacial score (nSPS) is 15.0. The molecule has 0 saturated carbocycles. The number of nitrogens with one attached hydrogen (secondary N) is 1. The standard InChI is InChI=1S/C22H26Cl2N4O4S/c1-26-9-11-27(12-10-26)22(30)17-4-6-18(7-5-17)25-21(29)15-28(33(2,31)32)14-16-3-8-19(23)20(24)13-16/h3-8,13H,9-12,14-15H2,1-2H3,(H,25,29). The summed E-state index contributed by atoms with van der Waals surface area (Å²) in [5, 5.41) is 3.34. The first kappa shape index (κ1) is 25.5. The van der Waals surface area contributed by atoms with Gasteiger partial charge in [-0.25, -0.2) is 8.42 Å². The summed E-state index contributed by atoms with van der Waals surface area (Å²) >= 11 is 11.9. The van der Waals surface area contributed by atoms with Crippen LogP contribution in [0.3, 0.4) is 0 Å². The van der Waals surface area contributed by atoms with Crippen LogP contribution in [0.25, 0.3) is 0 Å². The van der Waals surface area contributed by atoms with Gasteiger partial charge in [0.1, 0.15) is 0 Å². The molecular formula is C22H26Cl2N4O4S. The summed E-state index contributed by atoms with van der Waals surface area (Å²) in [6.45, 7) is 2.61. The van der Waals surface area contributed by atoms with Gasteiger partial charge in [0.05, 0.1) is 22.8 Å². The molecule has 0 atom stereocenters. The molecule has 0 aromatic heterocycles. The minimum absolute atomic E-state index is 0.0262. The monoisotopic (exact) mass is 512 g/mol. The minimum Gasteiger partial charge on any atom is -0.336 e. The Bertz CT molecular complexity index is 1120. The van der Waals surface area contributed by atoms with Crippen LogP contribution in [-0.2, 0) is 21.4 Å². The Hall–Kier alpha value is -2.17. The molecule has 0 bridgehead atoms. The fraction of sp³-hybridized carbons (Fsp3) is 0.364. The zero-order chi connectivity index (χ0) is 24.2. The van der Waals surface area contributed by atoms with Crippen molar-refractivity contribution in [3.05, 3.63) is 63.6 Å². The molecular weight excluding hydrogens is 487 g/mol. The lowest BCUT2D eigenvalue weighted by molar-refractivity contribution is -0.116. The number of anilines is 1. The lowest BCUT2D eigenvalue weighted by Crippen LogP contribution is -2.47. The number of carbonyl (C=O) groups excluding carboxylic acids is 2. The van der Waals surface area contributed by atoms with Crippen LogP contribution in [-0.4, -0.2) is 80.4 Å². The number of rotatable bonds is 7. The molecule has 8 nitrogen and oxygen atoms in total. The van der Waals surface area contributed by atoms with E-state index in [-0.39, 0.29) is 19.0 Å². The van der Waals surface area contributed by atoms with Crippen LogP contribution in [0.4, 0.5) is 5.69 Å². The summed E-state index contributed by atoms with van der Waals surface area (Å²) in [4.78, 5) is 29.2. The van der Waals surface area contributed by atoms with E-state index in [4.69, 9.17) is 23.2 Å². The third-order valence-electron chi connectivity index (χ3n) is 5.34. The summed E-state index contributed by atoms with van der Waals surface area (Å²) in [5.74, 6) is -0.551. The second-order valence-corrected chi connectivity index (χ2v) is 10.8. The van der Waals surface area contributed by atoms with Crippen molar-refractivity contribution in [2.24, 2.45) is 0 Å². The first-order valence-electron chi connectivity index (χ1n) is 10.3. The van der Waals surface area contributed by atoms with E-state index in [2.05, 4.69) is 10.2 Å². The average Bonchev–Trinajstić information content (AvgIpc) is 2.76. The molecule has 178 valence electrons. The molecule has 3 rings (SSSR count). The Morgan fingerprint density at radius 2 is 1.64 bits per heavy atom. The number of amides is 2. The Labute approximate surface area is 204 Å². The SMILES string of the molecule is CN1CCN(C(=O)c2ccc(NC(=O)CN(Cc3ccc(Cl)c(Cl)c3)S(C)(=O)=O)cc2)CC1. The predicted octanol–water partition coefficient (Wildman–Crippen LogP) is 2.78. The molecule has 0 aliphatic carbocycles. The summed E-state index contributed by atoms with van der Waals surface area (Å²) in [6, 6.07) is 11.4. The van der Waals surface area contributed by atoms with Crippen LogP contribution >= 0.6 is 23.2 Å². The van der Waals surface area contributed by atoms with Crippen LogP contribution in [0, 0.1) is 0 Å². The topological polar surface area (TPSA) is 90.0 Å². The smallest absolute Gasteiger partial charge is 0.253 e. The van der Waals surface area contributed by atoms with E-state index in [9.17, 15) is 18.0 Å². The lowest BCUT2D eigenvalue weighted by Gasteiger charge is -2.32. The number of hydrogen-bond donors (Lipinski definition) is 1. The Morgan fingerprint density at radius 1 is 1.00 bits per heavy atom. The highest BCUT2D eigenvalue weighted by molar-refractivity contribution is 7.88. The minimum atomic E-state index is -3.66. The number of piperazine rings is 1. The molecule has 11 heteroatoms. The van der Waals surface area contributed by atoms with E-state index in [1.807, 2.05) is 7.05 Å². The first-order valence-corrected chi connectivity index (χ1v) is 12.9. The molecule has 2 aromatic carbocycles. The molecule has 1 saturated heterocycles. The zero-order valence-electron chi connectivity index (χ0n) is 18.4. The second kappa shape index (κ2) is 10.8. The van der Waals surface area contributed by atoms with E-state index in [1.54, 1.807) is 47.4 Å². The van der Waals surface area contributed by atoms with E-state index >= 15 is 0 Å². The van der Waals surface area contributed by atoms with Crippen LogP contribution < -0.4 is 5.32 Å². The predicted molar refractivity (Wildman–Crippen MR) is 130 cm³/mol. The molecule has 1 heterocycles. The summed E-state index contributed by atoms with van der Waals surface area (Å²) in [7, 11) is -1.64. The van der Waals surface area contributed by atoms with Crippen molar-refractivity contribution in [3.63, 3.8) is 0 Å². The summed E-state index contributed by atoms with van der Waals surface area (Å²) in [5.41, 5.74) is 1.61. The van der Waals surface area contributed by atoms with Crippen molar-refractivity contribution in [2.45, 2.75) is 6.54 Å². The third-order valence-corrected chi connectivity index (χ3v) is 7.27. The molecule has 1 fully saturated rings. The van der Waals surface area contributed by atoms with Crippen molar-refractivity contribution in [3.8, 4) is 0 Å². The number of halogens is 2. The molecule has 0 radical (unpaired) electrons. The van der Waals surface area contributed by atoms with Crippen LogP contribution in [0.15, 0.2) is 42.5 Å². The Balaban J connectivity index is 1.61. The number of likely N-dealkylation sites (N-methyl/N-ethyl adjacent to an activating group) is 1. The van der Waals surface area contributed by atoms with Crippen molar-refractivity contribution in [1.82, 2.24) is 14.1 Å². The van der Waals surface area contributed by atoms with Gasteiger partial charge in [-0.2, -0.15) is 4.31 Å². The van der Waals surface area contributed by atoms with Gasteiger partial charge in [0.15, 0.2) is 0 Å². The van der Waals surface area contributed by atoms with Crippen molar-refractivity contribution in [1.29, 1.82) is 0 Å². The summed E-state index contributed by atoms with van der Waals surface area (Å²) < 4.78 is 25.5. The maximum Gasteiger partial charge on any atom is 0.253 e. The maximum absolute atomic E-state index is 12.6. The second-order valence-electron chi connectivity index (χ2n) is 8.00. The van der Waals surface area contributed by atoms with Gasteiger partial charge in [-0.1, -0.05) is 29.3 Å². The van der Waals surface area contributed by atoms with E-state index in [0.717, 1.165) is 23.7 Å². The van der Waals surface area contributed by atoms with Gasteiger partial charge in [-0.15, -0.1) is 0 Å². The number of benzene rings is 2. The molecule has 2 aromatic rings. The van der Waals surface area contributed by atoms with Gasteiger partial charge in [-0.05, 0) is 49.0 Å². The third kappa shape index (κ3) is 7.15. The Morgan fingerprint density at radius 3 is 2.21 bits per heavy atom. The average molecular weight is 513 g/mol. The van der Waals surface area contributed by atoms with Crippen molar-refractivity contribution in [2.75, 3.05) is 51.3 Å². The highest BCUT2D eigenvalue weighted by Gasteiger charge is 2.22. The van der Waals surface area contributed by atoms with Crippen LogP contribution in [0.1, 0.15) is 15.9 Å². The number of sulfonamides is 1. The van der Waals surface area contributed by atoms with E-state index in [0.29, 0.717) is 39.9 Å². The number of hydrogen-bond acceptors (Lipinski definition) is 5. The van der Waals surface area contributed by atoms with E-state index < -0.39 is 15.9 Å².